The molecule has 0 aliphatic carbocycles. The van der Waals surface area contributed by atoms with Crippen LogP contribution in [0.4, 0.5) is 0 Å². The largest absolute Gasteiger partial charge is 0.544 e. The van der Waals surface area contributed by atoms with E-state index in [1.807, 2.05) is 0 Å². The minimum Gasteiger partial charge on any atom is -0.544 e. The van der Waals surface area contributed by atoms with Crippen molar-refractivity contribution in [2.75, 3.05) is 41.0 Å². The molecular weight excluding hydrogens is 799 g/mol. The molecule has 0 bridgehead atoms. The van der Waals surface area contributed by atoms with E-state index in [0.29, 0.717) is 12.8 Å². The van der Waals surface area contributed by atoms with Gasteiger partial charge in [0.05, 0.1) is 40.3 Å². The van der Waals surface area contributed by atoms with Gasteiger partial charge in [0.1, 0.15) is 12.6 Å². The molecule has 0 N–H and O–H groups in total. The highest BCUT2D eigenvalue weighted by molar-refractivity contribution is 5.70. The zero-order valence-electron chi connectivity index (χ0n) is 40.6. The fourth-order valence-corrected chi connectivity index (χ4v) is 6.11. The van der Waals surface area contributed by atoms with Crippen LogP contribution in [0.2, 0.25) is 0 Å². The number of carboxylic acids is 1. The quantitative estimate of drug-likeness (QED) is 0.0261. The number of carbonyl (C=O) groups excluding carboxylic acids is 3. The van der Waals surface area contributed by atoms with E-state index in [0.717, 1.165) is 103 Å². The molecule has 0 aliphatic rings. The number of carbonyl (C=O) groups is 3. The van der Waals surface area contributed by atoms with Crippen molar-refractivity contribution in [1.29, 1.82) is 0 Å². The maximum absolute atomic E-state index is 12.8. The molecule has 0 saturated carbocycles. The molecule has 0 aliphatic heterocycles. The fraction of sp³-hybridized carbons (Fsp3) is 0.554. The molecule has 0 rings (SSSR count). The van der Waals surface area contributed by atoms with E-state index in [9.17, 15) is 19.5 Å². The SMILES string of the molecule is CC/C=C/C/C=C/C/C=C/C/C=C/C/C=C/C/C=C/CCCCCCC(=O)OC(COCCC(C(=O)[O-])[N+](C)(C)C)COC(=O)CCC/C=C/C/C=C/C/C=C/C/C=C/C/C=C/CC. The van der Waals surface area contributed by atoms with Gasteiger partial charge in [0.15, 0.2) is 6.10 Å². The molecule has 0 spiro atoms. The van der Waals surface area contributed by atoms with Gasteiger partial charge < -0.3 is 28.6 Å². The number of hydrogen-bond acceptors (Lipinski definition) is 7. The topological polar surface area (TPSA) is 102 Å². The Bertz CT molecular complexity index is 1500. The molecule has 8 nitrogen and oxygen atoms in total. The van der Waals surface area contributed by atoms with Gasteiger partial charge in [-0.05, 0) is 103 Å². The Morgan fingerprint density at radius 3 is 1.25 bits per heavy atom. The molecule has 0 aromatic heterocycles. The third-order valence-electron chi connectivity index (χ3n) is 9.78. The molecule has 2 unspecified atom stereocenters. The van der Waals surface area contributed by atoms with Crippen LogP contribution in [0.3, 0.4) is 0 Å². The second-order valence-corrected chi connectivity index (χ2v) is 16.6. The van der Waals surface area contributed by atoms with Crippen LogP contribution in [0.5, 0.6) is 0 Å². The Morgan fingerprint density at radius 2 is 0.844 bits per heavy atom. The number of nitrogens with zero attached hydrogens (tertiary/aromatic N) is 1. The molecule has 358 valence electrons. The van der Waals surface area contributed by atoms with E-state index in [2.05, 4.69) is 148 Å². The number of rotatable bonds is 41. The predicted molar refractivity (Wildman–Crippen MR) is 267 cm³/mol. The van der Waals surface area contributed by atoms with Crippen LogP contribution in [-0.4, -0.2) is 75.5 Å². The molecule has 0 saturated heterocycles. The summed E-state index contributed by atoms with van der Waals surface area (Å²) in [4.78, 5) is 37.0. The van der Waals surface area contributed by atoms with E-state index in [1.165, 1.54) is 0 Å². The van der Waals surface area contributed by atoms with Crippen molar-refractivity contribution < 1.29 is 38.2 Å². The van der Waals surface area contributed by atoms with Gasteiger partial charge in [0, 0.05) is 19.3 Å². The normalized spacial score (nSPS) is 14.1. The molecule has 2 atom stereocenters. The van der Waals surface area contributed by atoms with E-state index in [-0.39, 0.29) is 55.5 Å². The van der Waals surface area contributed by atoms with Gasteiger partial charge in [-0.2, -0.15) is 0 Å². The monoisotopic (exact) mass is 886 g/mol. The summed E-state index contributed by atoms with van der Waals surface area (Å²) < 4.78 is 17.1. The Labute approximate surface area is 390 Å². The highest BCUT2D eigenvalue weighted by Crippen LogP contribution is 2.11. The van der Waals surface area contributed by atoms with Crippen molar-refractivity contribution in [3.8, 4) is 0 Å². The van der Waals surface area contributed by atoms with Gasteiger partial charge in [-0.15, -0.1) is 0 Å². The molecule has 0 fully saturated rings. The third kappa shape index (κ3) is 42.8. The summed E-state index contributed by atoms with van der Waals surface area (Å²) in [5.41, 5.74) is 0. The number of carboxylic acid groups (broad SMARTS) is 1. The summed E-state index contributed by atoms with van der Waals surface area (Å²) in [7, 11) is 5.37. The molecule has 0 amide bonds. The second-order valence-electron chi connectivity index (χ2n) is 16.6. The van der Waals surface area contributed by atoms with E-state index in [4.69, 9.17) is 14.2 Å². The lowest BCUT2D eigenvalue weighted by Crippen LogP contribution is -2.55. The molecule has 64 heavy (non-hydrogen) atoms. The first-order valence-electron chi connectivity index (χ1n) is 24.2. The van der Waals surface area contributed by atoms with Gasteiger partial charge in [-0.25, -0.2) is 0 Å². The van der Waals surface area contributed by atoms with E-state index >= 15 is 0 Å². The first-order valence-corrected chi connectivity index (χ1v) is 24.2. The second kappa shape index (κ2) is 45.1. The zero-order chi connectivity index (χ0) is 47.0. The lowest BCUT2D eigenvalue weighted by atomic mass is 10.1. The molecule has 8 heteroatoms. The van der Waals surface area contributed by atoms with Crippen molar-refractivity contribution in [1.82, 2.24) is 0 Å². The van der Waals surface area contributed by atoms with Crippen LogP contribution in [0.1, 0.15) is 149 Å². The number of ether oxygens (including phenoxy) is 3. The Morgan fingerprint density at radius 1 is 0.469 bits per heavy atom. The predicted octanol–water partition coefficient (Wildman–Crippen LogP) is 12.6. The number of hydrogen-bond donors (Lipinski definition) is 0. The Balaban J connectivity index is 4.46. The van der Waals surface area contributed by atoms with Crippen LogP contribution in [-0.2, 0) is 28.6 Å². The number of unbranched alkanes of at least 4 members (excludes halogenated alkanes) is 5. The van der Waals surface area contributed by atoms with Gasteiger partial charge in [-0.3, -0.25) is 9.59 Å². The molecule has 0 heterocycles. The van der Waals surface area contributed by atoms with E-state index in [1.54, 1.807) is 21.1 Å². The minimum absolute atomic E-state index is 0.00191. The summed E-state index contributed by atoms with van der Waals surface area (Å²) >= 11 is 0. The number of esters is 2. The lowest BCUT2D eigenvalue weighted by molar-refractivity contribution is -0.889. The van der Waals surface area contributed by atoms with Crippen LogP contribution in [0.25, 0.3) is 0 Å². The van der Waals surface area contributed by atoms with Crippen molar-refractivity contribution in [2.45, 2.75) is 161 Å². The summed E-state index contributed by atoms with van der Waals surface area (Å²) in [6, 6.07) is -0.749. The Kier molecular flexibility index (Phi) is 41.9. The maximum Gasteiger partial charge on any atom is 0.306 e. The maximum atomic E-state index is 12.8. The molecular formula is C56H87NO7. The van der Waals surface area contributed by atoms with Crippen molar-refractivity contribution in [3.05, 3.63) is 134 Å². The van der Waals surface area contributed by atoms with Crippen LogP contribution in [0, 0.1) is 0 Å². The van der Waals surface area contributed by atoms with Crippen molar-refractivity contribution in [3.63, 3.8) is 0 Å². The average molecular weight is 886 g/mol. The standard InChI is InChI=1S/C56H87NO7/c1-6-8-10-12-14-16-18-20-22-24-25-26-27-28-29-31-33-35-37-39-41-43-45-47-55(59)64-52(50-62-49-48-53(56(60)61)57(3,4)5)51-63-54(58)46-44-42-40-38-36-34-32-30-23-21-19-17-15-13-11-9-7-2/h8-11,14-17,20-23,25-26,28-29,32-35,38,40,52-53H,6-7,12-13,18-19,24,27,30-31,36-37,39,41-51H2,1-5H3/b10-8+,11-9+,16-14+,17-15+,22-20+,23-21+,26-25+,29-28+,34-32+,35-33+,40-38+. The first-order chi connectivity index (χ1) is 31.1. The Hall–Kier alpha value is -4.53. The summed E-state index contributed by atoms with van der Waals surface area (Å²) in [6.45, 7) is 4.32. The summed E-state index contributed by atoms with van der Waals surface area (Å²) in [5.74, 6) is -1.86. The highest BCUT2D eigenvalue weighted by Gasteiger charge is 2.25. The van der Waals surface area contributed by atoms with Gasteiger partial charge in [0.2, 0.25) is 0 Å². The van der Waals surface area contributed by atoms with Crippen molar-refractivity contribution in [2.24, 2.45) is 0 Å². The van der Waals surface area contributed by atoms with Gasteiger partial charge >= 0.3 is 11.9 Å². The smallest absolute Gasteiger partial charge is 0.306 e. The molecule has 0 aromatic rings. The fourth-order valence-electron chi connectivity index (χ4n) is 6.11. The van der Waals surface area contributed by atoms with Crippen molar-refractivity contribution >= 4 is 17.9 Å². The highest BCUT2D eigenvalue weighted by atomic mass is 16.6. The van der Waals surface area contributed by atoms with Gasteiger partial charge in [0.25, 0.3) is 0 Å². The third-order valence-corrected chi connectivity index (χ3v) is 9.78. The lowest BCUT2D eigenvalue weighted by Gasteiger charge is -2.34. The van der Waals surface area contributed by atoms with E-state index < -0.39 is 18.1 Å². The number of allylic oxidation sites excluding steroid dienone is 22. The number of quaternary nitrogens is 1. The van der Waals surface area contributed by atoms with Crippen LogP contribution >= 0.6 is 0 Å². The number of likely N-dealkylation sites (N-methyl/N-ethyl adjacent to an activating group) is 1. The van der Waals surface area contributed by atoms with Crippen LogP contribution < -0.4 is 5.11 Å². The minimum atomic E-state index is -1.14. The van der Waals surface area contributed by atoms with Crippen LogP contribution in [0.15, 0.2) is 134 Å². The molecule has 0 aromatic carbocycles. The summed E-state index contributed by atoms with van der Waals surface area (Å²) in [6.07, 6.45) is 64.9. The summed E-state index contributed by atoms with van der Waals surface area (Å²) in [5, 5.41) is 11.7. The number of aliphatic carboxylic acids is 1. The molecule has 0 radical (unpaired) electrons. The average Bonchev–Trinajstić information content (AvgIpc) is 3.26. The van der Waals surface area contributed by atoms with Gasteiger partial charge in [-0.1, -0.05) is 160 Å². The zero-order valence-corrected chi connectivity index (χ0v) is 40.6. The first kappa shape index (κ1) is 59.5.